The number of hydrogen-bond acceptors (Lipinski definition) is 6. The number of benzene rings is 2. The standard InChI is InChI=1S/C26H26N4O3S/c31-26(25-15-20-18-27-12-11-24(20)29-25)28-17-19-7-9-22(10-8-19)34(32,33)23-6-4-5-21(16-23)30-13-2-1-3-14-30/h4-12,15-16,18,25H,1-3,13-14,17H2,(H,28,31). The number of hydrogen-bond donors (Lipinski definition) is 1. The third-order valence-corrected chi connectivity index (χ3v) is 8.03. The van der Waals surface area contributed by atoms with Gasteiger partial charge in [0.1, 0.15) is 6.04 Å². The molecule has 0 radical (unpaired) electrons. The average molecular weight is 475 g/mol. The van der Waals surface area contributed by atoms with Crippen molar-refractivity contribution in [3.63, 3.8) is 0 Å². The summed E-state index contributed by atoms with van der Waals surface area (Å²) in [5.74, 6) is -0.206. The van der Waals surface area contributed by atoms with E-state index in [4.69, 9.17) is 0 Å². The Bertz CT molecular complexity index is 1390. The maximum absolute atomic E-state index is 13.2. The molecule has 2 aliphatic rings. The molecule has 1 N–H and O–H groups in total. The fourth-order valence-corrected chi connectivity index (χ4v) is 5.65. The van der Waals surface area contributed by atoms with E-state index in [0.717, 1.165) is 47.8 Å². The van der Waals surface area contributed by atoms with Crippen molar-refractivity contribution >= 4 is 27.5 Å². The lowest BCUT2D eigenvalue weighted by Gasteiger charge is -2.29. The molecule has 0 bridgehead atoms. The quantitative estimate of drug-likeness (QED) is 0.590. The molecule has 174 valence electrons. The van der Waals surface area contributed by atoms with Crippen LogP contribution in [0.5, 0.6) is 0 Å². The number of carbonyl (C=O) groups is 1. The fourth-order valence-electron chi connectivity index (χ4n) is 4.35. The van der Waals surface area contributed by atoms with Crippen molar-refractivity contribution < 1.29 is 13.2 Å². The van der Waals surface area contributed by atoms with E-state index in [2.05, 4.69) is 20.2 Å². The Labute approximate surface area is 198 Å². The van der Waals surface area contributed by atoms with Gasteiger partial charge in [-0.15, -0.1) is 0 Å². The van der Waals surface area contributed by atoms with Crippen molar-refractivity contribution in [2.45, 2.75) is 41.6 Å². The molecule has 2 aromatic carbocycles. The molecular formula is C26H26N4O3S. The van der Waals surface area contributed by atoms with Crippen LogP contribution in [0, 0.1) is 0 Å². The van der Waals surface area contributed by atoms with Gasteiger partial charge in [-0.05, 0) is 67.3 Å². The van der Waals surface area contributed by atoms with Crippen LogP contribution in [0.25, 0.3) is 6.08 Å². The van der Waals surface area contributed by atoms with Crippen LogP contribution in [0.2, 0.25) is 0 Å². The Morgan fingerprint density at radius 2 is 1.79 bits per heavy atom. The summed E-state index contributed by atoms with van der Waals surface area (Å²) in [6, 6.07) is 15.0. The van der Waals surface area contributed by atoms with Crippen molar-refractivity contribution in [1.29, 1.82) is 0 Å². The van der Waals surface area contributed by atoms with Crippen molar-refractivity contribution in [2.24, 2.45) is 4.99 Å². The molecule has 0 saturated carbocycles. The van der Waals surface area contributed by atoms with Crippen LogP contribution in [-0.2, 0) is 21.2 Å². The molecule has 3 aromatic rings. The molecule has 5 rings (SSSR count). The van der Waals surface area contributed by atoms with E-state index in [-0.39, 0.29) is 17.3 Å². The minimum absolute atomic E-state index is 0.206. The van der Waals surface area contributed by atoms with Crippen LogP contribution in [0.3, 0.4) is 0 Å². The van der Waals surface area contributed by atoms with E-state index in [1.165, 1.54) is 6.42 Å². The van der Waals surface area contributed by atoms with E-state index in [0.29, 0.717) is 4.90 Å². The minimum atomic E-state index is -3.63. The fraction of sp³-hybridized carbons (Fsp3) is 0.269. The zero-order valence-electron chi connectivity index (χ0n) is 18.7. The highest BCUT2D eigenvalue weighted by molar-refractivity contribution is 7.91. The number of nitrogens with zero attached hydrogens (tertiary/aromatic N) is 3. The van der Waals surface area contributed by atoms with Crippen LogP contribution in [-0.4, -0.2) is 38.4 Å². The molecule has 1 unspecified atom stereocenters. The smallest absolute Gasteiger partial charge is 0.249 e. The summed E-state index contributed by atoms with van der Waals surface area (Å²) in [7, 11) is -3.63. The number of fused-ring (bicyclic) bond motifs is 1. The molecule has 2 aliphatic heterocycles. The summed E-state index contributed by atoms with van der Waals surface area (Å²) in [6.07, 6.45) is 8.60. The third kappa shape index (κ3) is 4.59. The number of anilines is 1. The van der Waals surface area contributed by atoms with Crippen LogP contribution >= 0.6 is 0 Å². The average Bonchev–Trinajstić information content (AvgIpc) is 3.33. The second kappa shape index (κ2) is 9.38. The highest BCUT2D eigenvalue weighted by Gasteiger charge is 2.21. The number of nitrogens with one attached hydrogen (secondary N) is 1. The second-order valence-electron chi connectivity index (χ2n) is 8.59. The zero-order chi connectivity index (χ0) is 23.5. The van der Waals surface area contributed by atoms with E-state index < -0.39 is 15.9 Å². The number of sulfone groups is 1. The summed E-state index contributed by atoms with van der Waals surface area (Å²) in [4.78, 5) is 23.7. The van der Waals surface area contributed by atoms with E-state index in [1.807, 2.05) is 6.07 Å². The number of carbonyl (C=O) groups excluding carboxylic acids is 1. The molecule has 1 aromatic heterocycles. The van der Waals surface area contributed by atoms with Gasteiger partial charge >= 0.3 is 0 Å². The van der Waals surface area contributed by atoms with Gasteiger partial charge in [0.15, 0.2) is 0 Å². The molecule has 8 heteroatoms. The first-order valence-electron chi connectivity index (χ1n) is 11.5. The predicted octanol–water partition coefficient (Wildman–Crippen LogP) is 2.00. The molecule has 0 spiro atoms. The number of piperidine rings is 1. The first-order valence-corrected chi connectivity index (χ1v) is 13.0. The van der Waals surface area contributed by atoms with Crippen LogP contribution in [0.15, 0.2) is 81.8 Å². The molecule has 1 fully saturated rings. The number of amides is 1. The molecule has 34 heavy (non-hydrogen) atoms. The van der Waals surface area contributed by atoms with Gasteiger partial charge in [-0.1, -0.05) is 18.2 Å². The number of pyridine rings is 1. The Kier molecular flexibility index (Phi) is 6.15. The Balaban J connectivity index is 1.25. The van der Waals surface area contributed by atoms with Crippen molar-refractivity contribution in [2.75, 3.05) is 18.0 Å². The van der Waals surface area contributed by atoms with E-state index >= 15 is 0 Å². The molecule has 1 amide bonds. The molecule has 0 aliphatic carbocycles. The van der Waals surface area contributed by atoms with Gasteiger partial charge in [-0.3, -0.25) is 14.8 Å². The lowest BCUT2D eigenvalue weighted by molar-refractivity contribution is -0.121. The Morgan fingerprint density at radius 3 is 2.56 bits per heavy atom. The summed E-state index contributed by atoms with van der Waals surface area (Å²) in [5, 5.41) is 4.48. The number of rotatable bonds is 6. The first kappa shape index (κ1) is 22.3. The summed E-state index contributed by atoms with van der Waals surface area (Å²) in [5.41, 5.74) is 1.76. The van der Waals surface area contributed by atoms with E-state index in [1.54, 1.807) is 67.0 Å². The van der Waals surface area contributed by atoms with Gasteiger partial charge in [-0.25, -0.2) is 8.42 Å². The van der Waals surface area contributed by atoms with Crippen molar-refractivity contribution in [3.05, 3.63) is 83.1 Å². The maximum atomic E-state index is 13.2. The van der Waals surface area contributed by atoms with Gasteiger partial charge in [0, 0.05) is 42.9 Å². The minimum Gasteiger partial charge on any atom is -0.372 e. The van der Waals surface area contributed by atoms with Crippen LogP contribution in [0.1, 0.15) is 24.8 Å². The normalized spacial score (nSPS) is 17.4. The molecule has 7 nitrogen and oxygen atoms in total. The molecular weight excluding hydrogens is 448 g/mol. The second-order valence-corrected chi connectivity index (χ2v) is 10.5. The summed E-state index contributed by atoms with van der Waals surface area (Å²) >= 11 is 0. The summed E-state index contributed by atoms with van der Waals surface area (Å²) < 4.78 is 26.4. The van der Waals surface area contributed by atoms with Crippen LogP contribution in [0.4, 0.5) is 5.69 Å². The number of aromatic nitrogens is 1. The van der Waals surface area contributed by atoms with Gasteiger partial charge in [0.05, 0.1) is 15.1 Å². The van der Waals surface area contributed by atoms with Gasteiger partial charge in [-0.2, -0.15) is 0 Å². The highest BCUT2D eigenvalue weighted by Crippen LogP contribution is 2.27. The lowest BCUT2D eigenvalue weighted by atomic mass is 10.1. The van der Waals surface area contributed by atoms with Gasteiger partial charge in [0.25, 0.3) is 0 Å². The topological polar surface area (TPSA) is 91.7 Å². The summed E-state index contributed by atoms with van der Waals surface area (Å²) in [6.45, 7) is 2.20. The van der Waals surface area contributed by atoms with Crippen LogP contribution < -0.4 is 20.8 Å². The largest absolute Gasteiger partial charge is 0.372 e. The third-order valence-electron chi connectivity index (χ3n) is 6.26. The van der Waals surface area contributed by atoms with Gasteiger partial charge in [0.2, 0.25) is 15.7 Å². The Morgan fingerprint density at radius 1 is 1.00 bits per heavy atom. The first-order chi connectivity index (χ1) is 16.5. The highest BCUT2D eigenvalue weighted by atomic mass is 32.2. The van der Waals surface area contributed by atoms with Gasteiger partial charge < -0.3 is 10.2 Å². The Hall–Kier alpha value is -3.52. The molecule has 1 saturated heterocycles. The lowest BCUT2D eigenvalue weighted by Crippen LogP contribution is -2.31. The monoisotopic (exact) mass is 474 g/mol. The predicted molar refractivity (Wildman–Crippen MR) is 130 cm³/mol. The zero-order valence-corrected chi connectivity index (χ0v) is 19.5. The van der Waals surface area contributed by atoms with Crippen molar-refractivity contribution in [1.82, 2.24) is 10.3 Å². The van der Waals surface area contributed by atoms with Crippen molar-refractivity contribution in [3.8, 4) is 0 Å². The molecule has 3 heterocycles. The SMILES string of the molecule is O=C(NCc1ccc(S(=O)(=O)c2cccc(N3CCCCC3)c2)cc1)C1C=c2cnccc2=N1. The van der Waals surface area contributed by atoms with E-state index in [9.17, 15) is 13.2 Å². The molecule has 1 atom stereocenters. The maximum Gasteiger partial charge on any atom is 0.249 e.